The minimum atomic E-state index is -3.45. The van der Waals surface area contributed by atoms with Crippen molar-refractivity contribution >= 4 is 31.7 Å². The Morgan fingerprint density at radius 1 is 1.33 bits per heavy atom. The second kappa shape index (κ2) is 5.31. The van der Waals surface area contributed by atoms with E-state index in [0.717, 1.165) is 20.7 Å². The molecule has 0 saturated carbocycles. The van der Waals surface area contributed by atoms with Crippen LogP contribution < -0.4 is 0 Å². The van der Waals surface area contributed by atoms with Crippen molar-refractivity contribution in [1.82, 2.24) is 4.41 Å². The molecular weight excluding hydrogens is 356 g/mol. The van der Waals surface area contributed by atoms with Crippen LogP contribution in [0.2, 0.25) is 0 Å². The number of rotatable bonds is 3. The van der Waals surface area contributed by atoms with Crippen molar-refractivity contribution in [2.24, 2.45) is 5.10 Å². The predicted molar refractivity (Wildman–Crippen MR) is 83.4 cm³/mol. The van der Waals surface area contributed by atoms with Crippen LogP contribution in [0.4, 0.5) is 0 Å². The van der Waals surface area contributed by atoms with Gasteiger partial charge in [0.25, 0.3) is 0 Å². The summed E-state index contributed by atoms with van der Waals surface area (Å²) >= 11 is 3.41. The fourth-order valence-corrected chi connectivity index (χ4v) is 3.67. The van der Waals surface area contributed by atoms with E-state index in [0.29, 0.717) is 17.9 Å². The summed E-state index contributed by atoms with van der Waals surface area (Å²) in [5.74, 6) is 0.598. The first kappa shape index (κ1) is 14.3. The first-order valence-corrected chi connectivity index (χ1v) is 8.95. The molecule has 0 saturated heterocycles. The summed E-state index contributed by atoms with van der Waals surface area (Å²) in [6, 6.07) is 10.8. The summed E-state index contributed by atoms with van der Waals surface area (Å²) in [5.41, 5.74) is 1.52. The molecule has 1 aromatic heterocycles. The van der Waals surface area contributed by atoms with Crippen LogP contribution >= 0.6 is 15.9 Å². The third kappa shape index (κ3) is 2.89. The lowest BCUT2D eigenvalue weighted by Gasteiger charge is -2.21. The summed E-state index contributed by atoms with van der Waals surface area (Å²) in [7, 11) is -3.45. The maximum atomic E-state index is 12.0. The molecule has 0 radical (unpaired) electrons. The van der Waals surface area contributed by atoms with Gasteiger partial charge >= 0.3 is 0 Å². The molecule has 1 aromatic carbocycles. The van der Waals surface area contributed by atoms with Crippen molar-refractivity contribution in [1.29, 1.82) is 0 Å². The van der Waals surface area contributed by atoms with Gasteiger partial charge in [0.15, 0.2) is 0 Å². The van der Waals surface area contributed by atoms with Gasteiger partial charge in [-0.2, -0.15) is 9.52 Å². The van der Waals surface area contributed by atoms with E-state index in [1.165, 1.54) is 0 Å². The topological polar surface area (TPSA) is 62.9 Å². The highest BCUT2D eigenvalue weighted by Gasteiger charge is 2.35. The average Bonchev–Trinajstić information content (AvgIpc) is 3.07. The second-order valence-corrected chi connectivity index (χ2v) is 7.59. The Morgan fingerprint density at radius 2 is 2.14 bits per heavy atom. The molecule has 0 bridgehead atoms. The fourth-order valence-electron chi connectivity index (χ4n) is 2.35. The molecule has 5 nitrogen and oxygen atoms in total. The molecule has 110 valence electrons. The van der Waals surface area contributed by atoms with Gasteiger partial charge in [-0.1, -0.05) is 28.1 Å². The molecule has 0 spiro atoms. The van der Waals surface area contributed by atoms with Crippen molar-refractivity contribution in [2.45, 2.75) is 12.5 Å². The third-order valence-corrected chi connectivity index (χ3v) is 4.76. The Kier molecular flexibility index (Phi) is 3.62. The second-order valence-electron chi connectivity index (χ2n) is 4.83. The van der Waals surface area contributed by atoms with Crippen LogP contribution in [0.1, 0.15) is 23.8 Å². The van der Waals surface area contributed by atoms with E-state index in [2.05, 4.69) is 21.0 Å². The number of benzene rings is 1. The van der Waals surface area contributed by atoms with Gasteiger partial charge in [0.2, 0.25) is 10.0 Å². The van der Waals surface area contributed by atoms with Gasteiger partial charge in [0, 0.05) is 10.9 Å². The molecule has 0 N–H and O–H groups in total. The number of furan rings is 1. The van der Waals surface area contributed by atoms with Crippen LogP contribution in [-0.2, 0) is 10.0 Å². The van der Waals surface area contributed by atoms with Gasteiger partial charge in [-0.3, -0.25) is 0 Å². The van der Waals surface area contributed by atoms with Crippen molar-refractivity contribution in [2.75, 3.05) is 6.26 Å². The van der Waals surface area contributed by atoms with Crippen molar-refractivity contribution < 1.29 is 12.8 Å². The summed E-state index contributed by atoms with van der Waals surface area (Å²) in [6.07, 6.45) is 3.19. The third-order valence-electron chi connectivity index (χ3n) is 3.25. The molecular formula is C14H13BrN2O3S. The van der Waals surface area contributed by atoms with Gasteiger partial charge in [-0.05, 0) is 29.8 Å². The first-order chi connectivity index (χ1) is 9.95. The molecule has 0 aliphatic carbocycles. The average molecular weight is 369 g/mol. The Bertz CT molecular complexity index is 784. The van der Waals surface area contributed by atoms with E-state index < -0.39 is 10.0 Å². The number of hydrazone groups is 1. The molecule has 1 atom stereocenters. The van der Waals surface area contributed by atoms with Crippen LogP contribution in [0.3, 0.4) is 0 Å². The zero-order valence-electron chi connectivity index (χ0n) is 11.2. The normalized spacial score (nSPS) is 18.9. The quantitative estimate of drug-likeness (QED) is 0.835. The summed E-state index contributed by atoms with van der Waals surface area (Å²) in [5, 5.41) is 4.24. The summed E-state index contributed by atoms with van der Waals surface area (Å²) < 4.78 is 31.4. The maximum absolute atomic E-state index is 12.0. The first-order valence-electron chi connectivity index (χ1n) is 6.31. The van der Waals surface area contributed by atoms with Crippen LogP contribution in [0, 0.1) is 0 Å². The maximum Gasteiger partial charge on any atom is 0.247 e. The lowest BCUT2D eigenvalue weighted by atomic mass is 10.0. The zero-order chi connectivity index (χ0) is 15.0. The molecule has 0 fully saturated rings. The largest absolute Gasteiger partial charge is 0.463 e. The van der Waals surface area contributed by atoms with E-state index >= 15 is 0 Å². The highest BCUT2D eigenvalue weighted by atomic mass is 79.9. The minimum Gasteiger partial charge on any atom is -0.463 e. The van der Waals surface area contributed by atoms with Gasteiger partial charge in [0.05, 0.1) is 18.6 Å². The van der Waals surface area contributed by atoms with Crippen molar-refractivity contribution in [3.05, 3.63) is 58.5 Å². The highest BCUT2D eigenvalue weighted by molar-refractivity contribution is 9.10. The Hall–Kier alpha value is -1.60. The predicted octanol–water partition coefficient (Wildman–Crippen LogP) is 3.15. The Labute approximate surface area is 131 Å². The molecule has 1 aliphatic rings. The fraction of sp³-hybridized carbons (Fsp3) is 0.214. The Morgan fingerprint density at radius 3 is 2.76 bits per heavy atom. The van der Waals surface area contributed by atoms with Crippen LogP contribution in [-0.4, -0.2) is 24.8 Å². The standard InChI is InChI=1S/C14H13BrN2O3S/c1-21(18,19)17-13(10-4-2-5-11(15)8-10)9-12(16-17)14-6-3-7-20-14/h2-8,13H,9H2,1H3/t13-/m1/s1. The lowest BCUT2D eigenvalue weighted by Crippen LogP contribution is -2.25. The molecule has 1 aliphatic heterocycles. The molecule has 0 unspecified atom stereocenters. The number of nitrogens with zero attached hydrogens (tertiary/aromatic N) is 2. The summed E-state index contributed by atoms with van der Waals surface area (Å²) in [6.45, 7) is 0. The highest BCUT2D eigenvalue weighted by Crippen LogP contribution is 2.35. The van der Waals surface area contributed by atoms with Gasteiger partial charge in [0.1, 0.15) is 11.5 Å². The lowest BCUT2D eigenvalue weighted by molar-refractivity contribution is 0.374. The molecule has 7 heteroatoms. The molecule has 2 heterocycles. The monoisotopic (exact) mass is 368 g/mol. The van der Waals surface area contributed by atoms with Crippen LogP contribution in [0.5, 0.6) is 0 Å². The smallest absolute Gasteiger partial charge is 0.247 e. The van der Waals surface area contributed by atoms with Crippen molar-refractivity contribution in [3.8, 4) is 0 Å². The number of hydrogen-bond donors (Lipinski definition) is 0. The summed E-state index contributed by atoms with van der Waals surface area (Å²) in [4.78, 5) is 0. The van der Waals surface area contributed by atoms with Gasteiger partial charge in [-0.25, -0.2) is 8.42 Å². The zero-order valence-corrected chi connectivity index (χ0v) is 13.6. The Balaban J connectivity index is 2.02. The van der Waals surface area contributed by atoms with Gasteiger partial charge in [-0.15, -0.1) is 0 Å². The molecule has 0 amide bonds. The van der Waals surface area contributed by atoms with E-state index in [1.54, 1.807) is 18.4 Å². The van der Waals surface area contributed by atoms with Crippen molar-refractivity contribution in [3.63, 3.8) is 0 Å². The van der Waals surface area contributed by atoms with E-state index in [4.69, 9.17) is 4.42 Å². The van der Waals surface area contributed by atoms with Gasteiger partial charge < -0.3 is 4.42 Å². The number of sulfonamides is 1. The minimum absolute atomic E-state index is 0.349. The molecule has 3 rings (SSSR count). The molecule has 2 aromatic rings. The van der Waals surface area contributed by atoms with E-state index in [-0.39, 0.29) is 6.04 Å². The van der Waals surface area contributed by atoms with E-state index in [9.17, 15) is 8.42 Å². The number of hydrogen-bond acceptors (Lipinski definition) is 4. The van der Waals surface area contributed by atoms with Crippen LogP contribution in [0.15, 0.2) is 56.7 Å². The van der Waals surface area contributed by atoms with Crippen LogP contribution in [0.25, 0.3) is 0 Å². The van der Waals surface area contributed by atoms with E-state index in [1.807, 2.05) is 24.3 Å². The number of halogens is 1. The molecule has 21 heavy (non-hydrogen) atoms. The SMILES string of the molecule is CS(=O)(=O)N1N=C(c2ccco2)C[C@@H]1c1cccc(Br)c1.